The summed E-state index contributed by atoms with van der Waals surface area (Å²) in [5, 5.41) is 12.1. The number of nitrogens with zero attached hydrogens (tertiary/aromatic N) is 1. The summed E-state index contributed by atoms with van der Waals surface area (Å²) in [6, 6.07) is 4.13. The Morgan fingerprint density at radius 1 is 1.53 bits per heavy atom. The summed E-state index contributed by atoms with van der Waals surface area (Å²) in [6.07, 6.45) is 2.18. The van der Waals surface area contributed by atoms with Gasteiger partial charge in [0.25, 0.3) is 5.91 Å². The maximum absolute atomic E-state index is 12.8. The number of carbonyl (C=O) groups is 1. The van der Waals surface area contributed by atoms with Crippen molar-refractivity contribution in [2.45, 2.75) is 25.4 Å². The van der Waals surface area contributed by atoms with Crippen molar-refractivity contribution < 1.29 is 14.3 Å². The standard InChI is InChI=1S/C12H15FN2O2/c13-11-3-1-2-10(15-11)12(17)14-7-8-4-5-9(16)6-8/h1-3,8-9,16H,4-7H2,(H,14,17). The fourth-order valence-electron chi connectivity index (χ4n) is 2.10. The van der Waals surface area contributed by atoms with E-state index in [-0.39, 0.29) is 17.7 Å². The van der Waals surface area contributed by atoms with Crippen molar-refractivity contribution in [3.63, 3.8) is 0 Å². The van der Waals surface area contributed by atoms with E-state index in [0.29, 0.717) is 12.5 Å². The molecule has 5 heteroatoms. The van der Waals surface area contributed by atoms with Crippen LogP contribution in [0.5, 0.6) is 0 Å². The summed E-state index contributed by atoms with van der Waals surface area (Å²) in [6.45, 7) is 0.508. The third-order valence-electron chi connectivity index (χ3n) is 3.01. The van der Waals surface area contributed by atoms with E-state index in [0.717, 1.165) is 19.3 Å². The number of pyridine rings is 1. The summed E-state index contributed by atoms with van der Waals surface area (Å²) in [4.78, 5) is 15.1. The highest BCUT2D eigenvalue weighted by molar-refractivity contribution is 5.92. The van der Waals surface area contributed by atoms with Crippen molar-refractivity contribution in [3.8, 4) is 0 Å². The highest BCUT2D eigenvalue weighted by atomic mass is 19.1. The summed E-state index contributed by atoms with van der Waals surface area (Å²) in [5.74, 6) is -0.720. The van der Waals surface area contributed by atoms with Crippen molar-refractivity contribution >= 4 is 5.91 Å². The van der Waals surface area contributed by atoms with Crippen LogP contribution < -0.4 is 5.32 Å². The quantitative estimate of drug-likeness (QED) is 0.775. The zero-order chi connectivity index (χ0) is 12.3. The number of aliphatic hydroxyl groups is 1. The van der Waals surface area contributed by atoms with Gasteiger partial charge in [0.05, 0.1) is 6.10 Å². The molecular weight excluding hydrogens is 223 g/mol. The van der Waals surface area contributed by atoms with E-state index in [1.807, 2.05) is 0 Å². The van der Waals surface area contributed by atoms with Crippen LogP contribution in [0.4, 0.5) is 4.39 Å². The summed E-state index contributed by atoms with van der Waals surface area (Å²) < 4.78 is 12.8. The maximum Gasteiger partial charge on any atom is 0.270 e. The zero-order valence-electron chi connectivity index (χ0n) is 9.40. The Hall–Kier alpha value is -1.49. The lowest BCUT2D eigenvalue weighted by Gasteiger charge is -2.10. The van der Waals surface area contributed by atoms with E-state index in [4.69, 9.17) is 0 Å². The fraction of sp³-hybridized carbons (Fsp3) is 0.500. The van der Waals surface area contributed by atoms with Gasteiger partial charge < -0.3 is 10.4 Å². The number of nitrogens with one attached hydrogen (secondary N) is 1. The number of hydrogen-bond acceptors (Lipinski definition) is 3. The molecule has 17 heavy (non-hydrogen) atoms. The lowest BCUT2D eigenvalue weighted by atomic mass is 10.1. The van der Waals surface area contributed by atoms with Gasteiger partial charge in [0.2, 0.25) is 5.95 Å². The van der Waals surface area contributed by atoms with E-state index in [2.05, 4.69) is 10.3 Å². The van der Waals surface area contributed by atoms with E-state index in [1.54, 1.807) is 0 Å². The number of aliphatic hydroxyl groups excluding tert-OH is 1. The minimum Gasteiger partial charge on any atom is -0.393 e. The number of amides is 1. The number of carbonyl (C=O) groups excluding carboxylic acids is 1. The van der Waals surface area contributed by atoms with E-state index in [1.165, 1.54) is 18.2 Å². The van der Waals surface area contributed by atoms with Crippen molar-refractivity contribution in [2.24, 2.45) is 5.92 Å². The molecule has 2 N–H and O–H groups in total. The van der Waals surface area contributed by atoms with Crippen LogP contribution in [0.3, 0.4) is 0 Å². The Kier molecular flexibility index (Phi) is 3.68. The zero-order valence-corrected chi connectivity index (χ0v) is 9.40. The van der Waals surface area contributed by atoms with Crippen LogP contribution in [0.25, 0.3) is 0 Å². The van der Waals surface area contributed by atoms with Gasteiger partial charge >= 0.3 is 0 Å². The van der Waals surface area contributed by atoms with Crippen molar-refractivity contribution in [1.29, 1.82) is 0 Å². The molecule has 2 atom stereocenters. The molecule has 2 unspecified atom stereocenters. The molecular formula is C12H15FN2O2. The van der Waals surface area contributed by atoms with Gasteiger partial charge in [-0.05, 0) is 37.3 Å². The first-order chi connectivity index (χ1) is 8.15. The highest BCUT2D eigenvalue weighted by Crippen LogP contribution is 2.24. The molecule has 0 bridgehead atoms. The average Bonchev–Trinajstić information content (AvgIpc) is 2.72. The number of rotatable bonds is 3. The van der Waals surface area contributed by atoms with E-state index >= 15 is 0 Å². The van der Waals surface area contributed by atoms with Gasteiger partial charge in [-0.3, -0.25) is 4.79 Å². The van der Waals surface area contributed by atoms with Gasteiger partial charge in [-0.15, -0.1) is 0 Å². The van der Waals surface area contributed by atoms with Gasteiger partial charge in [0.1, 0.15) is 5.69 Å². The van der Waals surface area contributed by atoms with Gasteiger partial charge in [-0.25, -0.2) is 4.98 Å². The van der Waals surface area contributed by atoms with Gasteiger partial charge in [0.15, 0.2) is 0 Å². The van der Waals surface area contributed by atoms with Gasteiger partial charge in [-0.1, -0.05) is 6.07 Å². The second-order valence-corrected chi connectivity index (χ2v) is 4.39. The molecule has 1 saturated carbocycles. The predicted octanol–water partition coefficient (Wildman–Crippen LogP) is 1.11. The van der Waals surface area contributed by atoms with Crippen LogP contribution >= 0.6 is 0 Å². The normalized spacial score (nSPS) is 23.6. The van der Waals surface area contributed by atoms with Gasteiger partial charge in [0, 0.05) is 6.54 Å². The van der Waals surface area contributed by atoms with Crippen LogP contribution in [-0.4, -0.2) is 28.6 Å². The molecule has 1 aliphatic carbocycles. The highest BCUT2D eigenvalue weighted by Gasteiger charge is 2.23. The summed E-state index contributed by atoms with van der Waals surface area (Å²) in [5.41, 5.74) is 0.0866. The third-order valence-corrected chi connectivity index (χ3v) is 3.01. The molecule has 2 rings (SSSR count). The van der Waals surface area contributed by atoms with Crippen LogP contribution in [0.15, 0.2) is 18.2 Å². The lowest BCUT2D eigenvalue weighted by molar-refractivity contribution is 0.0939. The van der Waals surface area contributed by atoms with E-state index in [9.17, 15) is 14.3 Å². The minimum atomic E-state index is -0.658. The monoisotopic (exact) mass is 238 g/mol. The molecule has 1 heterocycles. The second-order valence-electron chi connectivity index (χ2n) is 4.39. The fourth-order valence-corrected chi connectivity index (χ4v) is 2.10. The first kappa shape index (κ1) is 12.0. The Morgan fingerprint density at radius 2 is 2.35 bits per heavy atom. The minimum absolute atomic E-state index is 0.0866. The van der Waals surface area contributed by atoms with Crippen molar-refractivity contribution in [2.75, 3.05) is 6.54 Å². The van der Waals surface area contributed by atoms with Crippen LogP contribution in [0, 0.1) is 11.9 Å². The Bertz CT molecular complexity index is 411. The number of hydrogen-bond donors (Lipinski definition) is 2. The maximum atomic E-state index is 12.8. The van der Waals surface area contributed by atoms with Crippen LogP contribution in [0.1, 0.15) is 29.8 Å². The summed E-state index contributed by atoms with van der Waals surface area (Å²) in [7, 11) is 0. The molecule has 0 aliphatic heterocycles. The molecule has 1 aromatic rings. The third kappa shape index (κ3) is 3.23. The van der Waals surface area contributed by atoms with Crippen LogP contribution in [0.2, 0.25) is 0 Å². The van der Waals surface area contributed by atoms with Gasteiger partial charge in [-0.2, -0.15) is 4.39 Å². The Labute approximate surface area is 98.9 Å². The summed E-state index contributed by atoms with van der Waals surface area (Å²) >= 11 is 0. The number of halogens is 1. The lowest BCUT2D eigenvalue weighted by Crippen LogP contribution is -2.29. The molecule has 4 nitrogen and oxygen atoms in total. The molecule has 1 fully saturated rings. The average molecular weight is 238 g/mol. The Morgan fingerprint density at radius 3 is 3.00 bits per heavy atom. The Balaban J connectivity index is 1.85. The first-order valence-electron chi connectivity index (χ1n) is 5.74. The van der Waals surface area contributed by atoms with Crippen molar-refractivity contribution in [1.82, 2.24) is 10.3 Å². The predicted molar refractivity (Wildman–Crippen MR) is 59.9 cm³/mol. The molecule has 1 aliphatic rings. The molecule has 92 valence electrons. The SMILES string of the molecule is O=C(NCC1CCC(O)C1)c1cccc(F)n1. The molecule has 0 aromatic carbocycles. The molecule has 0 radical (unpaired) electrons. The van der Waals surface area contributed by atoms with E-state index < -0.39 is 5.95 Å². The second kappa shape index (κ2) is 5.23. The number of aromatic nitrogens is 1. The molecule has 0 spiro atoms. The smallest absolute Gasteiger partial charge is 0.270 e. The molecule has 1 aromatic heterocycles. The van der Waals surface area contributed by atoms with Crippen molar-refractivity contribution in [3.05, 3.63) is 29.8 Å². The topological polar surface area (TPSA) is 62.2 Å². The largest absolute Gasteiger partial charge is 0.393 e. The molecule has 1 amide bonds. The molecule has 0 saturated heterocycles. The van der Waals surface area contributed by atoms with Crippen LogP contribution in [-0.2, 0) is 0 Å². The first-order valence-corrected chi connectivity index (χ1v) is 5.74.